The summed E-state index contributed by atoms with van der Waals surface area (Å²) < 4.78 is 11.9. The van der Waals surface area contributed by atoms with E-state index in [9.17, 15) is 19.5 Å². The van der Waals surface area contributed by atoms with Crippen LogP contribution < -0.4 is 0 Å². The summed E-state index contributed by atoms with van der Waals surface area (Å²) in [7, 11) is 1.30. The van der Waals surface area contributed by atoms with E-state index in [0.29, 0.717) is 54.3 Å². The van der Waals surface area contributed by atoms with Crippen LogP contribution in [0, 0.1) is 6.92 Å². The van der Waals surface area contributed by atoms with E-state index >= 15 is 0 Å². The van der Waals surface area contributed by atoms with Gasteiger partial charge in [-0.2, -0.15) is 0 Å². The number of ketones is 1. The molecule has 1 atom stereocenters. The lowest BCUT2D eigenvalue weighted by Gasteiger charge is -2.29. The zero-order valence-corrected chi connectivity index (χ0v) is 21.4. The van der Waals surface area contributed by atoms with Gasteiger partial charge < -0.3 is 19.5 Å². The van der Waals surface area contributed by atoms with Crippen LogP contribution in [0.4, 0.5) is 0 Å². The number of aromatic nitrogens is 2. The number of aliphatic hydroxyl groups excluding tert-OH is 1. The lowest BCUT2D eigenvalue weighted by molar-refractivity contribution is -0.140. The number of imidazole rings is 1. The molecule has 2 aliphatic heterocycles. The first-order chi connectivity index (χ1) is 18.4. The van der Waals surface area contributed by atoms with E-state index < -0.39 is 23.7 Å². The molecule has 0 saturated carbocycles. The van der Waals surface area contributed by atoms with Crippen molar-refractivity contribution in [3.8, 4) is 0 Å². The van der Waals surface area contributed by atoms with Crippen molar-refractivity contribution in [2.45, 2.75) is 19.4 Å². The van der Waals surface area contributed by atoms with Gasteiger partial charge in [-0.3, -0.25) is 18.9 Å². The third-order valence-electron chi connectivity index (χ3n) is 7.09. The minimum absolute atomic E-state index is 0.000874. The minimum Gasteiger partial charge on any atom is -0.505 e. The second-order valence-corrected chi connectivity index (χ2v) is 9.39. The summed E-state index contributed by atoms with van der Waals surface area (Å²) in [6, 6.07) is 11.2. The summed E-state index contributed by atoms with van der Waals surface area (Å²) in [6.07, 6.45) is 2.40. The van der Waals surface area contributed by atoms with Gasteiger partial charge in [0.25, 0.3) is 11.7 Å². The molecule has 5 rings (SSSR count). The Hall–Kier alpha value is -4.02. The number of methoxy groups -OCH3 is 1. The molecule has 0 bridgehead atoms. The number of aliphatic hydroxyl groups is 1. The fraction of sp³-hybridized carbons (Fsp3) is 0.357. The van der Waals surface area contributed by atoms with Gasteiger partial charge in [0.15, 0.2) is 5.76 Å². The molecule has 0 aliphatic carbocycles. The number of esters is 1. The Morgan fingerprint density at radius 3 is 2.55 bits per heavy atom. The van der Waals surface area contributed by atoms with Gasteiger partial charge in [0, 0.05) is 32.4 Å². The first-order valence-corrected chi connectivity index (χ1v) is 12.6. The highest BCUT2D eigenvalue weighted by Gasteiger charge is 2.46. The standard InChI is InChI=1S/C28H30N4O6/c1-18-23(31-12-4-3-6-21(31)29-18)25(33)22-24(19-7-9-20(10-8-19)28(36)37-2)32(27(35)26(22)34)13-5-11-30-14-16-38-17-15-30/h3-4,6-10,12,24,33H,5,11,13-17H2,1-2H3. The number of Topliss-reactive ketones (excluding diaryl/α,β-unsaturated/α-hetero) is 1. The predicted octanol–water partition coefficient (Wildman–Crippen LogP) is 2.57. The van der Waals surface area contributed by atoms with Crippen molar-refractivity contribution in [1.29, 1.82) is 0 Å². The molecule has 38 heavy (non-hydrogen) atoms. The molecule has 1 aromatic carbocycles. The molecule has 4 heterocycles. The van der Waals surface area contributed by atoms with Crippen molar-refractivity contribution in [1.82, 2.24) is 19.2 Å². The summed E-state index contributed by atoms with van der Waals surface area (Å²) in [5.74, 6) is -2.18. The van der Waals surface area contributed by atoms with Crippen LogP contribution in [0.1, 0.15) is 39.8 Å². The van der Waals surface area contributed by atoms with Crippen LogP contribution >= 0.6 is 0 Å². The molecular weight excluding hydrogens is 488 g/mol. The first-order valence-electron chi connectivity index (χ1n) is 12.6. The van der Waals surface area contributed by atoms with Crippen LogP contribution in [0.3, 0.4) is 0 Å². The van der Waals surface area contributed by atoms with Crippen molar-refractivity contribution in [3.63, 3.8) is 0 Å². The maximum atomic E-state index is 13.4. The van der Waals surface area contributed by atoms with Crippen LogP contribution in [0.25, 0.3) is 11.4 Å². The highest BCUT2D eigenvalue weighted by atomic mass is 16.5. The van der Waals surface area contributed by atoms with Crippen molar-refractivity contribution >= 4 is 29.1 Å². The molecule has 198 valence electrons. The summed E-state index contributed by atoms with van der Waals surface area (Å²) in [6.45, 7) is 5.84. The predicted molar refractivity (Wildman–Crippen MR) is 139 cm³/mol. The molecule has 2 saturated heterocycles. The van der Waals surface area contributed by atoms with Gasteiger partial charge in [-0.15, -0.1) is 0 Å². The highest BCUT2D eigenvalue weighted by molar-refractivity contribution is 6.46. The van der Waals surface area contributed by atoms with Gasteiger partial charge in [0.2, 0.25) is 0 Å². The summed E-state index contributed by atoms with van der Waals surface area (Å²) >= 11 is 0. The average molecular weight is 519 g/mol. The monoisotopic (exact) mass is 518 g/mol. The number of aryl methyl sites for hydroxylation is 1. The van der Waals surface area contributed by atoms with Gasteiger partial charge in [-0.25, -0.2) is 9.78 Å². The number of pyridine rings is 1. The SMILES string of the molecule is COC(=O)c1ccc(C2C(=C(O)c3c(C)nc4ccccn34)C(=O)C(=O)N2CCCN2CCOCC2)cc1. The number of amides is 1. The van der Waals surface area contributed by atoms with E-state index in [1.807, 2.05) is 6.07 Å². The number of ether oxygens (including phenoxy) is 2. The third-order valence-corrected chi connectivity index (χ3v) is 7.09. The molecule has 2 aromatic heterocycles. The number of carbonyl (C=O) groups is 3. The van der Waals surface area contributed by atoms with Crippen molar-refractivity contribution in [2.24, 2.45) is 0 Å². The van der Waals surface area contributed by atoms with Gasteiger partial charge in [-0.05, 0) is 43.2 Å². The first kappa shape index (κ1) is 25.6. The summed E-state index contributed by atoms with van der Waals surface area (Å²) in [5.41, 5.74) is 2.47. The molecule has 1 unspecified atom stereocenters. The van der Waals surface area contributed by atoms with Crippen LogP contribution in [0.15, 0.2) is 54.2 Å². The molecule has 2 fully saturated rings. The number of nitrogens with zero attached hydrogens (tertiary/aromatic N) is 4. The third kappa shape index (κ3) is 4.68. The molecule has 1 N–H and O–H groups in total. The maximum absolute atomic E-state index is 13.4. The highest BCUT2D eigenvalue weighted by Crippen LogP contribution is 2.40. The zero-order chi connectivity index (χ0) is 26.8. The van der Waals surface area contributed by atoms with E-state index in [1.165, 1.54) is 12.0 Å². The second-order valence-electron chi connectivity index (χ2n) is 9.39. The van der Waals surface area contributed by atoms with E-state index in [0.717, 1.165) is 19.6 Å². The normalized spacial score (nSPS) is 19.8. The van der Waals surface area contributed by atoms with Crippen LogP contribution in [0.5, 0.6) is 0 Å². The molecule has 1 amide bonds. The second kappa shape index (κ2) is 10.8. The summed E-state index contributed by atoms with van der Waals surface area (Å²) in [4.78, 5) is 47.0. The van der Waals surface area contributed by atoms with E-state index in [4.69, 9.17) is 9.47 Å². The Labute approximate surface area is 220 Å². The summed E-state index contributed by atoms with van der Waals surface area (Å²) in [5, 5.41) is 11.6. The molecule has 0 spiro atoms. The Morgan fingerprint density at radius 1 is 1.11 bits per heavy atom. The lowest BCUT2D eigenvalue weighted by atomic mass is 9.95. The van der Waals surface area contributed by atoms with Crippen molar-refractivity contribution in [2.75, 3.05) is 46.5 Å². The number of fused-ring (bicyclic) bond motifs is 1. The van der Waals surface area contributed by atoms with Gasteiger partial charge in [0.05, 0.1) is 43.2 Å². The van der Waals surface area contributed by atoms with Gasteiger partial charge in [-0.1, -0.05) is 18.2 Å². The Balaban J connectivity index is 1.55. The van der Waals surface area contributed by atoms with Crippen LogP contribution in [-0.4, -0.2) is 88.5 Å². The van der Waals surface area contributed by atoms with Crippen molar-refractivity contribution < 1.29 is 29.0 Å². The maximum Gasteiger partial charge on any atom is 0.337 e. The Kier molecular flexibility index (Phi) is 7.26. The fourth-order valence-electron chi connectivity index (χ4n) is 5.19. The topological polar surface area (TPSA) is 114 Å². The molecule has 0 radical (unpaired) electrons. The minimum atomic E-state index is -0.819. The Bertz CT molecular complexity index is 1400. The quantitative estimate of drug-likeness (QED) is 0.220. The molecule has 10 nitrogen and oxygen atoms in total. The van der Waals surface area contributed by atoms with Crippen LogP contribution in [0.2, 0.25) is 0 Å². The average Bonchev–Trinajstić information content (AvgIpc) is 3.41. The molecular formula is C28H30N4O6. The van der Waals surface area contributed by atoms with E-state index in [2.05, 4.69) is 9.88 Å². The van der Waals surface area contributed by atoms with Crippen LogP contribution in [-0.2, 0) is 19.1 Å². The molecule has 10 heteroatoms. The van der Waals surface area contributed by atoms with Gasteiger partial charge >= 0.3 is 5.97 Å². The number of carbonyl (C=O) groups excluding carboxylic acids is 3. The number of hydrogen-bond donors (Lipinski definition) is 1. The Morgan fingerprint density at radius 2 is 1.84 bits per heavy atom. The number of likely N-dealkylation sites (tertiary alicyclic amines) is 1. The largest absolute Gasteiger partial charge is 0.505 e. The fourth-order valence-corrected chi connectivity index (χ4v) is 5.19. The molecule has 3 aromatic rings. The van der Waals surface area contributed by atoms with Crippen molar-refractivity contribution in [3.05, 3.63) is 76.7 Å². The lowest BCUT2D eigenvalue weighted by Crippen LogP contribution is -2.39. The smallest absolute Gasteiger partial charge is 0.337 e. The van der Waals surface area contributed by atoms with Gasteiger partial charge in [0.1, 0.15) is 11.3 Å². The van der Waals surface area contributed by atoms with E-state index in [-0.39, 0.29) is 11.3 Å². The van der Waals surface area contributed by atoms with E-state index in [1.54, 1.807) is 53.9 Å². The number of hydrogen-bond acceptors (Lipinski definition) is 8. The number of benzene rings is 1. The number of morpholine rings is 1. The molecule has 2 aliphatic rings. The zero-order valence-electron chi connectivity index (χ0n) is 21.4. The number of rotatable bonds is 7.